The fraction of sp³-hybridized carbons (Fsp3) is 0.556. The molecule has 0 saturated carbocycles. The van der Waals surface area contributed by atoms with E-state index < -0.39 is 0 Å². The predicted molar refractivity (Wildman–Crippen MR) is 58.7 cm³/mol. The van der Waals surface area contributed by atoms with Crippen LogP contribution in [0.4, 0.5) is 5.82 Å². The van der Waals surface area contributed by atoms with E-state index in [0.717, 1.165) is 6.54 Å². The number of halogens is 1. The summed E-state index contributed by atoms with van der Waals surface area (Å²) in [4.78, 5) is 9.98. The Bertz CT molecular complexity index is 290. The van der Waals surface area contributed by atoms with E-state index in [1.165, 1.54) is 6.33 Å². The zero-order chi connectivity index (χ0) is 10.6. The maximum atomic E-state index is 5.89. The molecular weight excluding hydrogens is 200 g/mol. The fourth-order valence-electron chi connectivity index (χ4n) is 0.870. The minimum absolute atomic E-state index is 0.432. The van der Waals surface area contributed by atoms with E-state index >= 15 is 0 Å². The van der Waals surface area contributed by atoms with Gasteiger partial charge in [0.05, 0.1) is 6.20 Å². The van der Waals surface area contributed by atoms with Crippen LogP contribution in [0.1, 0.15) is 6.92 Å². The molecule has 1 aromatic heterocycles. The van der Waals surface area contributed by atoms with E-state index in [0.29, 0.717) is 16.9 Å². The SMILES string of the molecule is CC(CNc1ncncc1Cl)N(C)C. The summed E-state index contributed by atoms with van der Waals surface area (Å²) in [6.45, 7) is 2.94. The van der Waals surface area contributed by atoms with Gasteiger partial charge >= 0.3 is 0 Å². The number of nitrogens with zero attached hydrogens (tertiary/aromatic N) is 3. The Morgan fingerprint density at radius 1 is 1.57 bits per heavy atom. The molecule has 78 valence electrons. The van der Waals surface area contributed by atoms with Crippen LogP contribution in [0.5, 0.6) is 0 Å². The first-order valence-corrected chi connectivity index (χ1v) is 4.85. The van der Waals surface area contributed by atoms with Crippen LogP contribution in [0.15, 0.2) is 12.5 Å². The van der Waals surface area contributed by atoms with Gasteiger partial charge in [0.1, 0.15) is 17.2 Å². The zero-order valence-electron chi connectivity index (χ0n) is 8.66. The van der Waals surface area contributed by atoms with Gasteiger partial charge in [-0.1, -0.05) is 11.6 Å². The van der Waals surface area contributed by atoms with E-state index in [1.807, 2.05) is 14.1 Å². The quantitative estimate of drug-likeness (QED) is 0.825. The smallest absolute Gasteiger partial charge is 0.148 e. The van der Waals surface area contributed by atoms with Gasteiger partial charge in [0, 0.05) is 12.6 Å². The van der Waals surface area contributed by atoms with Crippen LogP contribution < -0.4 is 5.32 Å². The molecule has 1 rings (SSSR count). The third kappa shape index (κ3) is 3.12. The average molecular weight is 215 g/mol. The Hall–Kier alpha value is -0.870. The van der Waals surface area contributed by atoms with Gasteiger partial charge in [-0.25, -0.2) is 9.97 Å². The molecule has 5 heteroatoms. The molecule has 0 aliphatic rings. The summed E-state index contributed by atoms with van der Waals surface area (Å²) in [6, 6.07) is 0.432. The van der Waals surface area contributed by atoms with E-state index in [-0.39, 0.29) is 0 Å². The normalized spacial score (nSPS) is 12.9. The molecule has 0 aromatic carbocycles. The summed E-state index contributed by atoms with van der Waals surface area (Å²) in [7, 11) is 4.07. The minimum atomic E-state index is 0.432. The highest BCUT2D eigenvalue weighted by Crippen LogP contribution is 2.15. The summed E-state index contributed by atoms with van der Waals surface area (Å²) < 4.78 is 0. The predicted octanol–water partition coefficient (Wildman–Crippen LogP) is 1.49. The van der Waals surface area contributed by atoms with Gasteiger partial charge in [-0.15, -0.1) is 0 Å². The van der Waals surface area contributed by atoms with E-state index in [4.69, 9.17) is 11.6 Å². The monoisotopic (exact) mass is 214 g/mol. The molecule has 0 radical (unpaired) electrons. The molecule has 1 N–H and O–H groups in total. The summed E-state index contributed by atoms with van der Waals surface area (Å²) in [5.74, 6) is 0.690. The lowest BCUT2D eigenvalue weighted by Gasteiger charge is -2.20. The van der Waals surface area contributed by atoms with E-state index in [1.54, 1.807) is 6.20 Å². The van der Waals surface area contributed by atoms with Gasteiger partial charge in [0.2, 0.25) is 0 Å². The standard InChI is InChI=1S/C9H15ClN4/c1-7(14(2)3)4-12-9-8(10)5-11-6-13-9/h5-7H,4H2,1-3H3,(H,11,12,13). The average Bonchev–Trinajstić information content (AvgIpc) is 2.16. The van der Waals surface area contributed by atoms with Gasteiger partial charge < -0.3 is 10.2 Å². The van der Waals surface area contributed by atoms with Crippen molar-refractivity contribution in [3.05, 3.63) is 17.5 Å². The summed E-state index contributed by atoms with van der Waals surface area (Å²) in [6.07, 6.45) is 3.06. The first-order valence-electron chi connectivity index (χ1n) is 4.47. The molecule has 1 aromatic rings. The first kappa shape index (κ1) is 11.2. The lowest BCUT2D eigenvalue weighted by Crippen LogP contribution is -2.31. The number of hydrogen-bond acceptors (Lipinski definition) is 4. The van der Waals surface area contributed by atoms with Crippen LogP contribution in [0.2, 0.25) is 5.02 Å². The van der Waals surface area contributed by atoms with Crippen molar-refractivity contribution in [2.75, 3.05) is 26.0 Å². The second-order valence-corrected chi connectivity index (χ2v) is 3.82. The molecule has 0 bridgehead atoms. The number of rotatable bonds is 4. The van der Waals surface area contributed by atoms with Crippen LogP contribution in [0.25, 0.3) is 0 Å². The molecule has 0 aliphatic heterocycles. The highest BCUT2D eigenvalue weighted by atomic mass is 35.5. The maximum absolute atomic E-state index is 5.89. The maximum Gasteiger partial charge on any atom is 0.148 e. The fourth-order valence-corrected chi connectivity index (χ4v) is 1.04. The largest absolute Gasteiger partial charge is 0.367 e. The van der Waals surface area contributed by atoms with Crippen LogP contribution in [0, 0.1) is 0 Å². The van der Waals surface area contributed by atoms with Crippen molar-refractivity contribution in [3.8, 4) is 0 Å². The third-order valence-electron chi connectivity index (χ3n) is 2.11. The molecule has 14 heavy (non-hydrogen) atoms. The number of nitrogens with one attached hydrogen (secondary N) is 1. The Kier molecular flexibility index (Phi) is 4.10. The third-order valence-corrected chi connectivity index (χ3v) is 2.39. The Morgan fingerprint density at radius 2 is 2.29 bits per heavy atom. The Labute approximate surface area is 89.3 Å². The second kappa shape index (κ2) is 5.12. The van der Waals surface area contributed by atoms with Crippen molar-refractivity contribution in [1.82, 2.24) is 14.9 Å². The first-order chi connectivity index (χ1) is 6.61. The molecule has 0 fully saturated rings. The molecule has 4 nitrogen and oxygen atoms in total. The molecule has 0 amide bonds. The summed E-state index contributed by atoms with van der Waals surface area (Å²) in [5.41, 5.74) is 0. The van der Waals surface area contributed by atoms with Gasteiger partial charge in [0.15, 0.2) is 0 Å². The van der Waals surface area contributed by atoms with Crippen LogP contribution in [-0.4, -0.2) is 41.5 Å². The van der Waals surface area contributed by atoms with Gasteiger partial charge in [-0.2, -0.15) is 0 Å². The summed E-state index contributed by atoms with van der Waals surface area (Å²) in [5, 5.41) is 3.72. The molecule has 0 saturated heterocycles. The van der Waals surface area contributed by atoms with Crippen molar-refractivity contribution in [2.45, 2.75) is 13.0 Å². The van der Waals surface area contributed by atoms with Crippen molar-refractivity contribution >= 4 is 17.4 Å². The minimum Gasteiger partial charge on any atom is -0.367 e. The van der Waals surface area contributed by atoms with Gasteiger partial charge in [-0.05, 0) is 21.0 Å². The van der Waals surface area contributed by atoms with Crippen LogP contribution >= 0.6 is 11.6 Å². The highest BCUT2D eigenvalue weighted by Gasteiger charge is 2.05. The molecular formula is C9H15ClN4. The van der Waals surface area contributed by atoms with E-state index in [2.05, 4.69) is 27.1 Å². The molecule has 1 unspecified atom stereocenters. The lowest BCUT2D eigenvalue weighted by atomic mass is 10.3. The zero-order valence-corrected chi connectivity index (χ0v) is 9.41. The second-order valence-electron chi connectivity index (χ2n) is 3.41. The van der Waals surface area contributed by atoms with Gasteiger partial charge in [-0.3, -0.25) is 0 Å². The van der Waals surface area contributed by atoms with Crippen molar-refractivity contribution in [2.24, 2.45) is 0 Å². The number of likely N-dealkylation sites (N-methyl/N-ethyl adjacent to an activating group) is 1. The van der Waals surface area contributed by atoms with Crippen molar-refractivity contribution in [1.29, 1.82) is 0 Å². The number of anilines is 1. The highest BCUT2D eigenvalue weighted by molar-refractivity contribution is 6.32. The molecule has 1 atom stereocenters. The molecule has 0 aliphatic carbocycles. The lowest BCUT2D eigenvalue weighted by molar-refractivity contribution is 0.326. The summed E-state index contributed by atoms with van der Waals surface area (Å²) >= 11 is 5.89. The van der Waals surface area contributed by atoms with Crippen molar-refractivity contribution < 1.29 is 0 Å². The molecule has 1 heterocycles. The van der Waals surface area contributed by atoms with E-state index in [9.17, 15) is 0 Å². The van der Waals surface area contributed by atoms with Crippen LogP contribution in [0.3, 0.4) is 0 Å². The Morgan fingerprint density at radius 3 is 2.86 bits per heavy atom. The van der Waals surface area contributed by atoms with Crippen molar-refractivity contribution in [3.63, 3.8) is 0 Å². The number of hydrogen-bond donors (Lipinski definition) is 1. The van der Waals surface area contributed by atoms with Crippen LogP contribution in [-0.2, 0) is 0 Å². The number of aromatic nitrogens is 2. The molecule has 0 spiro atoms. The topological polar surface area (TPSA) is 41.1 Å². The van der Waals surface area contributed by atoms with Gasteiger partial charge in [0.25, 0.3) is 0 Å². The Balaban J connectivity index is 2.50.